The van der Waals surface area contributed by atoms with Crippen LogP contribution in [0.4, 0.5) is 0 Å². The van der Waals surface area contributed by atoms with Crippen LogP contribution in [0.3, 0.4) is 0 Å². The van der Waals surface area contributed by atoms with Gasteiger partial charge in [-0.25, -0.2) is 4.79 Å². The molecule has 0 aliphatic heterocycles. The average molecular weight is 552 g/mol. The lowest BCUT2D eigenvalue weighted by molar-refractivity contribution is -0.143. The molecule has 0 aromatic heterocycles. The first kappa shape index (κ1) is 29.4. The normalized spacial score (nSPS) is 19.5. The third-order valence-corrected chi connectivity index (χ3v) is 8.14. The number of aromatic carboxylic acids is 1. The van der Waals surface area contributed by atoms with E-state index in [1.807, 2.05) is 12.1 Å². The molecule has 2 aromatic carbocycles. The predicted molar refractivity (Wildman–Crippen MR) is 151 cm³/mol. The first-order chi connectivity index (χ1) is 19.4. The number of hydrogen-bond donors (Lipinski definition) is 3. The summed E-state index contributed by atoms with van der Waals surface area (Å²) in [5.41, 5.74) is 1.30. The largest absolute Gasteiger partial charge is 0.494 e. The molecular formula is C32H41NO7. The molecule has 40 heavy (non-hydrogen) atoms. The Hall–Kier alpha value is -3.55. The van der Waals surface area contributed by atoms with Gasteiger partial charge in [-0.2, -0.15) is 0 Å². The number of carbonyl (C=O) groups excluding carboxylic acids is 1. The highest BCUT2D eigenvalue weighted by atomic mass is 16.5. The van der Waals surface area contributed by atoms with Crippen molar-refractivity contribution in [2.75, 3.05) is 13.2 Å². The smallest absolute Gasteiger partial charge is 0.335 e. The summed E-state index contributed by atoms with van der Waals surface area (Å²) < 4.78 is 11.9. The number of ether oxygens (including phenoxy) is 2. The van der Waals surface area contributed by atoms with E-state index in [1.54, 1.807) is 0 Å². The summed E-state index contributed by atoms with van der Waals surface area (Å²) in [5, 5.41) is 21.7. The van der Waals surface area contributed by atoms with E-state index >= 15 is 0 Å². The minimum absolute atomic E-state index is 0.00870. The maximum Gasteiger partial charge on any atom is 0.335 e. The van der Waals surface area contributed by atoms with Gasteiger partial charge in [0.25, 0.3) is 5.91 Å². The molecule has 8 nitrogen and oxygen atoms in total. The lowest BCUT2D eigenvalue weighted by Gasteiger charge is -2.27. The second-order valence-electron chi connectivity index (χ2n) is 11.1. The molecule has 2 saturated carbocycles. The van der Waals surface area contributed by atoms with Crippen LogP contribution in [0.25, 0.3) is 0 Å². The van der Waals surface area contributed by atoms with Crippen LogP contribution in [0.5, 0.6) is 11.5 Å². The van der Waals surface area contributed by atoms with Crippen molar-refractivity contribution in [3.05, 3.63) is 59.2 Å². The molecule has 2 unspecified atom stereocenters. The summed E-state index contributed by atoms with van der Waals surface area (Å²) in [7, 11) is 0. The quantitative estimate of drug-likeness (QED) is 0.256. The van der Waals surface area contributed by atoms with Gasteiger partial charge in [-0.3, -0.25) is 9.59 Å². The summed E-state index contributed by atoms with van der Waals surface area (Å²) in [5.74, 6) is -0.919. The molecular weight excluding hydrogens is 510 g/mol. The van der Waals surface area contributed by atoms with Gasteiger partial charge in [-0.1, -0.05) is 50.7 Å². The minimum Gasteiger partial charge on any atom is -0.494 e. The summed E-state index contributed by atoms with van der Waals surface area (Å²) in [6.45, 7) is 1.12. The number of nitrogens with one attached hydrogen (secondary N) is 1. The number of carboxylic acids is 2. The van der Waals surface area contributed by atoms with Crippen molar-refractivity contribution < 1.29 is 34.1 Å². The molecule has 2 aliphatic rings. The SMILES string of the molecule is O=C(O)c1ccc(OCCCc2ccc(OCCC3CCCCC3)cc2)c(C(=O)NC2CCCC(C(=O)O)C2)c1. The standard InChI is InChI=1S/C32H41NO7/c34-30(33-26-10-4-9-24(20-26)31(35)36)28-21-25(32(37)38)13-16-29(28)40-18-5-8-23-11-14-27(15-12-23)39-19-17-22-6-2-1-3-7-22/h11-16,21-22,24,26H,1-10,17-20H2,(H,33,34)(H,35,36)(H,37,38). The monoisotopic (exact) mass is 551 g/mol. The van der Waals surface area contributed by atoms with Crippen LogP contribution in [-0.4, -0.2) is 47.3 Å². The summed E-state index contributed by atoms with van der Waals surface area (Å²) in [4.78, 5) is 36.0. The molecule has 4 rings (SSSR count). The van der Waals surface area contributed by atoms with E-state index in [0.717, 1.165) is 36.7 Å². The average Bonchev–Trinajstić information content (AvgIpc) is 2.96. The molecule has 2 atom stereocenters. The Morgan fingerprint density at radius 1 is 0.850 bits per heavy atom. The highest BCUT2D eigenvalue weighted by Gasteiger charge is 2.29. The number of benzene rings is 2. The van der Waals surface area contributed by atoms with Gasteiger partial charge in [-0.05, 0) is 80.3 Å². The topological polar surface area (TPSA) is 122 Å². The maximum absolute atomic E-state index is 13.1. The van der Waals surface area contributed by atoms with Gasteiger partial charge < -0.3 is 25.0 Å². The maximum atomic E-state index is 13.1. The van der Waals surface area contributed by atoms with Crippen LogP contribution in [0.2, 0.25) is 0 Å². The van der Waals surface area contributed by atoms with E-state index in [0.29, 0.717) is 44.5 Å². The van der Waals surface area contributed by atoms with Crippen LogP contribution >= 0.6 is 0 Å². The van der Waals surface area contributed by atoms with Crippen LogP contribution < -0.4 is 14.8 Å². The fourth-order valence-electron chi connectivity index (χ4n) is 5.80. The van der Waals surface area contributed by atoms with Crippen LogP contribution in [0.15, 0.2) is 42.5 Å². The van der Waals surface area contributed by atoms with Gasteiger partial charge in [0.05, 0.1) is 30.3 Å². The number of carboxylic acid groups (broad SMARTS) is 2. The Bertz CT molecular complexity index is 1140. The number of aliphatic carboxylic acids is 1. The zero-order chi connectivity index (χ0) is 28.3. The summed E-state index contributed by atoms with van der Waals surface area (Å²) >= 11 is 0. The van der Waals surface area contributed by atoms with Crippen molar-refractivity contribution >= 4 is 17.8 Å². The zero-order valence-electron chi connectivity index (χ0n) is 23.1. The van der Waals surface area contributed by atoms with Gasteiger partial charge in [0.1, 0.15) is 11.5 Å². The van der Waals surface area contributed by atoms with Crippen molar-refractivity contribution in [3.63, 3.8) is 0 Å². The van der Waals surface area contributed by atoms with Crippen molar-refractivity contribution in [1.29, 1.82) is 0 Å². The van der Waals surface area contributed by atoms with Crippen molar-refractivity contribution in [3.8, 4) is 11.5 Å². The highest BCUT2D eigenvalue weighted by molar-refractivity contribution is 6.00. The van der Waals surface area contributed by atoms with Crippen LogP contribution in [0, 0.1) is 11.8 Å². The van der Waals surface area contributed by atoms with Crippen molar-refractivity contribution in [1.82, 2.24) is 5.32 Å². The number of carbonyl (C=O) groups is 3. The number of aryl methyl sites for hydroxylation is 1. The summed E-state index contributed by atoms with van der Waals surface area (Å²) in [6.07, 6.45) is 11.7. The summed E-state index contributed by atoms with van der Waals surface area (Å²) in [6, 6.07) is 12.1. The van der Waals surface area contributed by atoms with Gasteiger partial charge in [0, 0.05) is 6.04 Å². The Labute approximate surface area is 236 Å². The first-order valence-electron chi connectivity index (χ1n) is 14.6. The third kappa shape index (κ3) is 8.73. The number of hydrogen-bond acceptors (Lipinski definition) is 5. The number of rotatable bonds is 13. The number of amides is 1. The first-order valence-corrected chi connectivity index (χ1v) is 14.6. The molecule has 2 fully saturated rings. The third-order valence-electron chi connectivity index (χ3n) is 8.14. The van der Waals surface area contributed by atoms with Crippen molar-refractivity contribution in [2.24, 2.45) is 11.8 Å². The molecule has 2 aliphatic carbocycles. The Balaban J connectivity index is 1.26. The van der Waals surface area contributed by atoms with Gasteiger partial charge in [0.15, 0.2) is 0 Å². The second-order valence-corrected chi connectivity index (χ2v) is 11.1. The lowest BCUT2D eigenvalue weighted by atomic mass is 9.85. The molecule has 0 heterocycles. The van der Waals surface area contributed by atoms with Crippen LogP contribution in [0.1, 0.15) is 96.9 Å². The molecule has 2 aromatic rings. The fourth-order valence-corrected chi connectivity index (χ4v) is 5.80. The second kappa shape index (κ2) is 14.7. The predicted octanol–water partition coefficient (Wildman–Crippen LogP) is 6.12. The molecule has 216 valence electrons. The Kier molecular flexibility index (Phi) is 10.8. The molecule has 8 heteroatoms. The Morgan fingerprint density at radius 3 is 2.35 bits per heavy atom. The lowest BCUT2D eigenvalue weighted by Crippen LogP contribution is -2.40. The van der Waals surface area contributed by atoms with Gasteiger partial charge in [-0.15, -0.1) is 0 Å². The highest BCUT2D eigenvalue weighted by Crippen LogP contribution is 2.28. The molecule has 0 saturated heterocycles. The molecule has 0 bridgehead atoms. The van der Waals surface area contributed by atoms with E-state index in [-0.39, 0.29) is 17.2 Å². The van der Waals surface area contributed by atoms with Gasteiger partial charge in [0.2, 0.25) is 0 Å². The van der Waals surface area contributed by atoms with E-state index in [9.17, 15) is 24.6 Å². The van der Waals surface area contributed by atoms with E-state index in [4.69, 9.17) is 9.47 Å². The minimum atomic E-state index is -1.13. The van der Waals surface area contributed by atoms with E-state index in [1.165, 1.54) is 50.3 Å². The Morgan fingerprint density at radius 2 is 1.62 bits per heavy atom. The van der Waals surface area contributed by atoms with E-state index < -0.39 is 23.8 Å². The van der Waals surface area contributed by atoms with Crippen molar-refractivity contribution in [2.45, 2.75) is 83.1 Å². The molecule has 0 spiro atoms. The molecule has 0 radical (unpaired) electrons. The molecule has 3 N–H and O–H groups in total. The zero-order valence-corrected chi connectivity index (χ0v) is 23.1. The fraction of sp³-hybridized carbons (Fsp3) is 0.531. The molecule has 1 amide bonds. The van der Waals surface area contributed by atoms with Crippen LogP contribution in [-0.2, 0) is 11.2 Å². The van der Waals surface area contributed by atoms with Gasteiger partial charge >= 0.3 is 11.9 Å². The van der Waals surface area contributed by atoms with E-state index in [2.05, 4.69) is 17.4 Å².